The zero-order chi connectivity index (χ0) is 11.5. The minimum atomic E-state index is -0.637. The van der Waals surface area contributed by atoms with Crippen LogP contribution in [0, 0.1) is 0 Å². The lowest BCUT2D eigenvalue weighted by Gasteiger charge is -1.95. The van der Waals surface area contributed by atoms with E-state index in [9.17, 15) is 9.59 Å². The number of benzene rings is 1. The molecular weight excluding hydrogens is 210 g/mol. The Hall–Kier alpha value is -2.44. The van der Waals surface area contributed by atoms with Gasteiger partial charge in [0.25, 0.3) is 0 Å². The van der Waals surface area contributed by atoms with Crippen molar-refractivity contribution >= 4 is 5.91 Å². The second-order valence-electron chi connectivity index (χ2n) is 3.13. The van der Waals surface area contributed by atoms with Crippen molar-refractivity contribution in [1.29, 1.82) is 0 Å². The zero-order valence-corrected chi connectivity index (χ0v) is 8.28. The molecule has 7 nitrogen and oxygen atoms in total. The Morgan fingerprint density at radius 3 is 2.56 bits per heavy atom. The lowest BCUT2D eigenvalue weighted by Crippen LogP contribution is -2.29. The summed E-state index contributed by atoms with van der Waals surface area (Å²) in [7, 11) is 0. The van der Waals surface area contributed by atoms with Gasteiger partial charge in [-0.3, -0.25) is 4.79 Å². The first kappa shape index (κ1) is 10.1. The van der Waals surface area contributed by atoms with E-state index in [0.717, 1.165) is 9.36 Å². The summed E-state index contributed by atoms with van der Waals surface area (Å²) in [6, 6.07) is 8.79. The van der Waals surface area contributed by atoms with Gasteiger partial charge in [-0.25, -0.2) is 4.79 Å². The van der Waals surface area contributed by atoms with E-state index in [2.05, 4.69) is 10.4 Å². The Morgan fingerprint density at radius 1 is 1.25 bits per heavy atom. The second-order valence-corrected chi connectivity index (χ2v) is 3.13. The molecule has 7 heteroatoms. The summed E-state index contributed by atoms with van der Waals surface area (Å²) in [6.07, 6.45) is 0. The summed E-state index contributed by atoms with van der Waals surface area (Å²) in [5.74, 6) is -0.637. The van der Waals surface area contributed by atoms with Crippen molar-refractivity contribution < 1.29 is 4.79 Å². The summed E-state index contributed by atoms with van der Waals surface area (Å²) < 4.78 is 2.01. The summed E-state index contributed by atoms with van der Waals surface area (Å²) in [5, 5.41) is 7.20. The van der Waals surface area contributed by atoms with Gasteiger partial charge >= 0.3 is 5.69 Å². The molecule has 0 saturated heterocycles. The molecule has 0 radical (unpaired) electrons. The molecule has 0 aliphatic rings. The maximum Gasteiger partial charge on any atom is 0.368 e. The van der Waals surface area contributed by atoms with Crippen LogP contribution in [0.15, 0.2) is 35.1 Å². The number of carbonyl (C=O) groups is 1. The number of hydrogen-bond acceptors (Lipinski definition) is 4. The van der Waals surface area contributed by atoms with Crippen molar-refractivity contribution in [1.82, 2.24) is 19.8 Å². The summed E-state index contributed by atoms with van der Waals surface area (Å²) >= 11 is 0. The highest BCUT2D eigenvalue weighted by atomic mass is 16.2. The average molecular weight is 219 g/mol. The van der Waals surface area contributed by atoms with Gasteiger partial charge < -0.3 is 5.73 Å². The molecule has 2 aromatic rings. The molecule has 0 aliphatic carbocycles. The van der Waals surface area contributed by atoms with Gasteiger partial charge in [0.1, 0.15) is 6.54 Å². The second kappa shape index (κ2) is 3.97. The number of para-hydroxylation sites is 1. The van der Waals surface area contributed by atoms with E-state index < -0.39 is 11.6 Å². The van der Waals surface area contributed by atoms with Gasteiger partial charge in [-0.2, -0.15) is 9.36 Å². The summed E-state index contributed by atoms with van der Waals surface area (Å²) in [5.41, 5.74) is 5.06. The molecule has 0 aliphatic heterocycles. The third-order valence-electron chi connectivity index (χ3n) is 1.95. The van der Waals surface area contributed by atoms with E-state index in [4.69, 9.17) is 5.73 Å². The van der Waals surface area contributed by atoms with Crippen LogP contribution in [0.3, 0.4) is 0 Å². The lowest BCUT2D eigenvalue weighted by molar-refractivity contribution is -0.118. The standard InChI is InChI=1S/C9H9N5O2/c10-8(15)6-13-9(16)14(12-11-13)7-4-2-1-3-5-7/h1-5H,6H2,(H2,10,15). The minimum absolute atomic E-state index is 0.272. The van der Waals surface area contributed by atoms with Crippen LogP contribution in [-0.4, -0.2) is 25.7 Å². The molecule has 2 rings (SSSR count). The first-order valence-corrected chi connectivity index (χ1v) is 4.55. The number of nitrogens with zero attached hydrogens (tertiary/aromatic N) is 4. The molecule has 1 aromatic heterocycles. The number of tetrazole rings is 1. The third-order valence-corrected chi connectivity index (χ3v) is 1.95. The summed E-state index contributed by atoms with van der Waals surface area (Å²) in [4.78, 5) is 22.4. The van der Waals surface area contributed by atoms with E-state index in [0.29, 0.717) is 5.69 Å². The minimum Gasteiger partial charge on any atom is -0.368 e. The molecule has 82 valence electrons. The molecule has 1 aromatic carbocycles. The van der Waals surface area contributed by atoms with Gasteiger partial charge in [-0.05, 0) is 22.6 Å². The van der Waals surface area contributed by atoms with Crippen molar-refractivity contribution in [3.8, 4) is 5.69 Å². The van der Waals surface area contributed by atoms with Crippen LogP contribution in [0.25, 0.3) is 5.69 Å². The first-order valence-electron chi connectivity index (χ1n) is 4.55. The number of primary amides is 1. The molecule has 1 amide bonds. The Kier molecular flexibility index (Phi) is 2.50. The van der Waals surface area contributed by atoms with Crippen LogP contribution >= 0.6 is 0 Å². The molecule has 1 heterocycles. The largest absolute Gasteiger partial charge is 0.368 e. The van der Waals surface area contributed by atoms with Crippen molar-refractivity contribution in [2.24, 2.45) is 5.73 Å². The Balaban J connectivity index is 2.42. The van der Waals surface area contributed by atoms with Gasteiger partial charge in [0.15, 0.2) is 0 Å². The number of hydrogen-bond donors (Lipinski definition) is 1. The number of carbonyl (C=O) groups excluding carboxylic acids is 1. The Labute approximate surface area is 90.1 Å². The number of nitrogens with two attached hydrogens (primary N) is 1. The smallest absolute Gasteiger partial charge is 0.368 e. The van der Waals surface area contributed by atoms with Gasteiger partial charge in [0, 0.05) is 0 Å². The Morgan fingerprint density at radius 2 is 1.94 bits per heavy atom. The first-order chi connectivity index (χ1) is 7.68. The van der Waals surface area contributed by atoms with E-state index in [1.54, 1.807) is 24.3 Å². The highest BCUT2D eigenvalue weighted by molar-refractivity contribution is 5.73. The normalized spacial score (nSPS) is 10.2. The van der Waals surface area contributed by atoms with Gasteiger partial charge in [0.2, 0.25) is 5.91 Å². The van der Waals surface area contributed by atoms with Crippen LogP contribution in [0.1, 0.15) is 0 Å². The third kappa shape index (κ3) is 1.83. The number of amides is 1. The van der Waals surface area contributed by atoms with Crippen LogP contribution in [-0.2, 0) is 11.3 Å². The van der Waals surface area contributed by atoms with Gasteiger partial charge in [-0.15, -0.1) is 0 Å². The molecule has 0 bridgehead atoms. The molecule has 0 spiro atoms. The quantitative estimate of drug-likeness (QED) is 0.709. The van der Waals surface area contributed by atoms with Gasteiger partial charge in [-0.1, -0.05) is 18.2 Å². The molecule has 0 unspecified atom stereocenters. The fourth-order valence-corrected chi connectivity index (χ4v) is 1.25. The number of rotatable bonds is 3. The molecule has 2 N–H and O–H groups in total. The molecule has 0 saturated carbocycles. The van der Waals surface area contributed by atoms with Crippen LogP contribution in [0.2, 0.25) is 0 Å². The zero-order valence-electron chi connectivity index (χ0n) is 8.28. The highest BCUT2D eigenvalue weighted by Crippen LogP contribution is 2.00. The van der Waals surface area contributed by atoms with Crippen molar-refractivity contribution in [3.63, 3.8) is 0 Å². The van der Waals surface area contributed by atoms with E-state index in [1.807, 2.05) is 6.07 Å². The predicted octanol–water partition coefficient (Wildman–Crippen LogP) is -1.09. The van der Waals surface area contributed by atoms with E-state index in [1.165, 1.54) is 0 Å². The average Bonchev–Trinajstić information content (AvgIpc) is 2.61. The van der Waals surface area contributed by atoms with Crippen LogP contribution < -0.4 is 11.4 Å². The molecule has 0 atom stereocenters. The van der Waals surface area contributed by atoms with E-state index >= 15 is 0 Å². The monoisotopic (exact) mass is 219 g/mol. The predicted molar refractivity (Wildman–Crippen MR) is 54.8 cm³/mol. The molecule has 16 heavy (non-hydrogen) atoms. The molecule has 0 fully saturated rings. The SMILES string of the molecule is NC(=O)Cn1nnn(-c2ccccc2)c1=O. The fourth-order valence-electron chi connectivity index (χ4n) is 1.25. The summed E-state index contributed by atoms with van der Waals surface area (Å²) in [6.45, 7) is -0.272. The fraction of sp³-hybridized carbons (Fsp3) is 0.111. The van der Waals surface area contributed by atoms with Crippen molar-refractivity contribution in [2.75, 3.05) is 0 Å². The lowest BCUT2D eigenvalue weighted by atomic mass is 10.3. The van der Waals surface area contributed by atoms with Crippen LogP contribution in [0.4, 0.5) is 0 Å². The highest BCUT2D eigenvalue weighted by Gasteiger charge is 2.09. The maximum atomic E-state index is 11.7. The van der Waals surface area contributed by atoms with Gasteiger partial charge in [0.05, 0.1) is 5.69 Å². The van der Waals surface area contributed by atoms with E-state index in [-0.39, 0.29) is 6.54 Å². The maximum absolute atomic E-state index is 11.7. The van der Waals surface area contributed by atoms with Crippen molar-refractivity contribution in [2.45, 2.75) is 6.54 Å². The molecular formula is C9H9N5O2. The van der Waals surface area contributed by atoms with Crippen LogP contribution in [0.5, 0.6) is 0 Å². The topological polar surface area (TPSA) is 95.8 Å². The Bertz CT molecular complexity index is 557. The number of aromatic nitrogens is 4. The van der Waals surface area contributed by atoms with Crippen molar-refractivity contribution in [3.05, 3.63) is 40.8 Å².